The van der Waals surface area contributed by atoms with E-state index in [1.165, 1.54) is 6.07 Å². The summed E-state index contributed by atoms with van der Waals surface area (Å²) in [6.45, 7) is 4.16. The largest absolute Gasteiger partial charge is 0.438 e. The number of rotatable bonds is 3. The zero-order chi connectivity index (χ0) is 13.1. The molecule has 0 aliphatic heterocycles. The van der Waals surface area contributed by atoms with Crippen molar-refractivity contribution in [2.45, 2.75) is 20.4 Å². The Morgan fingerprint density at radius 1 is 1.33 bits per heavy atom. The van der Waals surface area contributed by atoms with Crippen LogP contribution < -0.4 is 10.5 Å². The summed E-state index contributed by atoms with van der Waals surface area (Å²) in [6.07, 6.45) is 1.12. The van der Waals surface area contributed by atoms with Crippen molar-refractivity contribution in [2.24, 2.45) is 5.73 Å². The molecule has 0 saturated carbocycles. The molecule has 3 nitrogen and oxygen atoms in total. The molecule has 1 aromatic heterocycles. The normalized spacial score (nSPS) is 10.4. The van der Waals surface area contributed by atoms with E-state index in [1.807, 2.05) is 32.0 Å². The Bertz CT molecular complexity index is 570. The molecule has 1 aromatic carbocycles. The molecule has 0 fully saturated rings. The van der Waals surface area contributed by atoms with Gasteiger partial charge < -0.3 is 10.5 Å². The van der Waals surface area contributed by atoms with Gasteiger partial charge in [-0.05, 0) is 37.1 Å². The second-order valence-electron chi connectivity index (χ2n) is 4.12. The lowest BCUT2D eigenvalue weighted by Gasteiger charge is -2.12. The molecular weight excluding hydrogens is 231 g/mol. The molecular formula is C14H15FN2O. The molecule has 2 N–H and O–H groups in total. The molecule has 0 aliphatic rings. The number of aromatic nitrogens is 1. The summed E-state index contributed by atoms with van der Waals surface area (Å²) in [6, 6.07) is 7.11. The number of hydrogen-bond acceptors (Lipinski definition) is 3. The Morgan fingerprint density at radius 3 is 2.83 bits per heavy atom. The Hall–Kier alpha value is -1.94. The number of halogens is 1. The lowest BCUT2D eigenvalue weighted by molar-refractivity contribution is 0.448. The number of nitrogens with zero attached hydrogens (tertiary/aromatic N) is 1. The molecule has 4 heteroatoms. The topological polar surface area (TPSA) is 48.1 Å². The number of hydrogen-bond donors (Lipinski definition) is 1. The van der Waals surface area contributed by atoms with E-state index in [0.29, 0.717) is 17.2 Å². The van der Waals surface area contributed by atoms with Crippen molar-refractivity contribution < 1.29 is 9.13 Å². The minimum absolute atomic E-state index is 0.185. The highest BCUT2D eigenvalue weighted by Crippen LogP contribution is 2.27. The zero-order valence-corrected chi connectivity index (χ0v) is 10.4. The number of aryl methyl sites for hydroxylation is 1. The maximum Gasteiger partial charge on any atom is 0.223 e. The maximum absolute atomic E-state index is 13.0. The van der Waals surface area contributed by atoms with Gasteiger partial charge in [-0.2, -0.15) is 0 Å². The molecule has 0 amide bonds. The summed E-state index contributed by atoms with van der Waals surface area (Å²) in [5, 5.41) is 0. The lowest BCUT2D eigenvalue weighted by atomic mass is 10.1. The second kappa shape index (κ2) is 5.14. The van der Waals surface area contributed by atoms with Crippen LogP contribution in [0, 0.1) is 19.7 Å². The van der Waals surface area contributed by atoms with Gasteiger partial charge in [0.05, 0.1) is 6.20 Å². The van der Waals surface area contributed by atoms with Gasteiger partial charge in [0, 0.05) is 12.1 Å². The van der Waals surface area contributed by atoms with Gasteiger partial charge in [-0.3, -0.25) is 0 Å². The van der Waals surface area contributed by atoms with Crippen LogP contribution in [0.15, 0.2) is 30.5 Å². The summed E-state index contributed by atoms with van der Waals surface area (Å²) in [5.41, 5.74) is 8.27. The van der Waals surface area contributed by atoms with Gasteiger partial charge in [-0.15, -0.1) is 0 Å². The zero-order valence-electron chi connectivity index (χ0n) is 10.4. The molecule has 18 heavy (non-hydrogen) atoms. The number of ether oxygens (including phenoxy) is 1. The fraction of sp³-hybridized carbons (Fsp3) is 0.214. The fourth-order valence-corrected chi connectivity index (χ4v) is 1.65. The Balaban J connectivity index is 2.37. The third kappa shape index (κ3) is 2.49. The fourth-order valence-electron chi connectivity index (χ4n) is 1.65. The molecule has 2 aromatic rings. The number of nitrogens with two attached hydrogens (primary N) is 1. The molecule has 0 aliphatic carbocycles. The summed E-state index contributed by atoms with van der Waals surface area (Å²) in [5.74, 6) is 0.653. The average molecular weight is 246 g/mol. The predicted octanol–water partition coefficient (Wildman–Crippen LogP) is 3.09. The number of pyridine rings is 1. The third-order valence-electron chi connectivity index (χ3n) is 2.87. The Labute approximate surface area is 105 Å². The van der Waals surface area contributed by atoms with Gasteiger partial charge in [0.25, 0.3) is 0 Å². The van der Waals surface area contributed by atoms with Crippen molar-refractivity contribution in [3.05, 3.63) is 53.0 Å². The Kier molecular flexibility index (Phi) is 3.58. The average Bonchev–Trinajstić information content (AvgIpc) is 2.37. The van der Waals surface area contributed by atoms with E-state index in [0.717, 1.165) is 17.3 Å². The first kappa shape index (κ1) is 12.5. The van der Waals surface area contributed by atoms with Crippen LogP contribution in [-0.4, -0.2) is 4.98 Å². The van der Waals surface area contributed by atoms with Gasteiger partial charge in [0.2, 0.25) is 5.88 Å². The molecule has 2 rings (SSSR count). The van der Waals surface area contributed by atoms with Crippen LogP contribution in [0.2, 0.25) is 0 Å². The van der Waals surface area contributed by atoms with Crippen LogP contribution in [0.4, 0.5) is 4.39 Å². The van der Waals surface area contributed by atoms with Gasteiger partial charge in [0.15, 0.2) is 0 Å². The van der Waals surface area contributed by atoms with Crippen molar-refractivity contribution in [3.8, 4) is 11.6 Å². The molecule has 0 atom stereocenters. The third-order valence-corrected chi connectivity index (χ3v) is 2.87. The lowest BCUT2D eigenvalue weighted by Crippen LogP contribution is -2.02. The summed E-state index contributed by atoms with van der Waals surface area (Å²) >= 11 is 0. The van der Waals surface area contributed by atoms with Crippen LogP contribution in [-0.2, 0) is 6.54 Å². The highest BCUT2D eigenvalue weighted by Gasteiger charge is 2.09. The molecule has 0 unspecified atom stereocenters. The van der Waals surface area contributed by atoms with E-state index in [2.05, 4.69) is 4.98 Å². The van der Waals surface area contributed by atoms with Crippen molar-refractivity contribution in [1.29, 1.82) is 0 Å². The molecule has 0 bridgehead atoms. The highest BCUT2D eigenvalue weighted by atomic mass is 19.1. The van der Waals surface area contributed by atoms with Gasteiger partial charge in [0.1, 0.15) is 11.6 Å². The summed E-state index contributed by atoms with van der Waals surface area (Å²) in [4.78, 5) is 3.94. The van der Waals surface area contributed by atoms with Gasteiger partial charge in [-0.25, -0.2) is 9.37 Å². The van der Waals surface area contributed by atoms with Crippen molar-refractivity contribution >= 4 is 0 Å². The highest BCUT2D eigenvalue weighted by molar-refractivity contribution is 5.41. The van der Waals surface area contributed by atoms with Crippen LogP contribution in [0.25, 0.3) is 0 Å². The van der Waals surface area contributed by atoms with Crippen molar-refractivity contribution in [2.75, 3.05) is 0 Å². The van der Waals surface area contributed by atoms with Crippen LogP contribution in [0.5, 0.6) is 11.6 Å². The first-order chi connectivity index (χ1) is 8.61. The summed E-state index contributed by atoms with van der Waals surface area (Å²) < 4.78 is 18.8. The Morgan fingerprint density at radius 2 is 2.11 bits per heavy atom. The molecule has 0 spiro atoms. The van der Waals surface area contributed by atoms with Crippen LogP contribution in [0.1, 0.15) is 16.7 Å². The number of benzene rings is 1. The van der Waals surface area contributed by atoms with Gasteiger partial charge in [-0.1, -0.05) is 12.1 Å². The summed E-state index contributed by atoms with van der Waals surface area (Å²) in [7, 11) is 0. The monoisotopic (exact) mass is 246 g/mol. The first-order valence-corrected chi connectivity index (χ1v) is 5.70. The predicted molar refractivity (Wildman–Crippen MR) is 68.1 cm³/mol. The van der Waals surface area contributed by atoms with E-state index >= 15 is 0 Å². The van der Waals surface area contributed by atoms with Crippen molar-refractivity contribution in [3.63, 3.8) is 0 Å². The van der Waals surface area contributed by atoms with E-state index in [1.54, 1.807) is 0 Å². The minimum Gasteiger partial charge on any atom is -0.438 e. The molecule has 0 radical (unpaired) electrons. The SMILES string of the molecule is Cc1cccc(Oc2ncc(F)cc2CN)c1C. The molecule has 94 valence electrons. The maximum atomic E-state index is 13.0. The van der Waals surface area contributed by atoms with Gasteiger partial charge >= 0.3 is 0 Å². The molecule has 0 saturated heterocycles. The smallest absolute Gasteiger partial charge is 0.223 e. The van der Waals surface area contributed by atoms with E-state index in [4.69, 9.17) is 10.5 Å². The van der Waals surface area contributed by atoms with E-state index in [-0.39, 0.29) is 6.54 Å². The van der Waals surface area contributed by atoms with Crippen LogP contribution in [0.3, 0.4) is 0 Å². The van der Waals surface area contributed by atoms with E-state index in [9.17, 15) is 4.39 Å². The standard InChI is InChI=1S/C14H15FN2O/c1-9-4-3-5-13(10(9)2)18-14-11(7-16)6-12(15)8-17-14/h3-6,8H,7,16H2,1-2H3. The molecule has 1 heterocycles. The first-order valence-electron chi connectivity index (χ1n) is 5.70. The minimum atomic E-state index is -0.413. The second-order valence-corrected chi connectivity index (χ2v) is 4.12. The van der Waals surface area contributed by atoms with Crippen LogP contribution >= 0.6 is 0 Å². The van der Waals surface area contributed by atoms with E-state index < -0.39 is 5.82 Å². The quantitative estimate of drug-likeness (QED) is 0.905. The van der Waals surface area contributed by atoms with Crippen molar-refractivity contribution in [1.82, 2.24) is 4.98 Å².